The molecular weight excluding hydrogens is 309 g/mol. The Morgan fingerprint density at radius 1 is 1.30 bits per heavy atom. The van der Waals surface area contributed by atoms with Crippen molar-refractivity contribution in [1.82, 2.24) is 10.3 Å². The lowest BCUT2D eigenvalue weighted by Gasteiger charge is -2.39. The number of carbonyl (C=O) groups is 1. The number of halogens is 3. The Balaban J connectivity index is 1.88. The molecular formula is C16H19F3N2O2. The molecule has 126 valence electrons. The SMILES string of the molecule is COc1ncc(C(F)(F)F)cc1C(=O)C1CC2CCCC(C1)N2. The van der Waals surface area contributed by atoms with Crippen molar-refractivity contribution in [3.05, 3.63) is 23.4 Å². The summed E-state index contributed by atoms with van der Waals surface area (Å²) in [5.41, 5.74) is -0.983. The number of fused-ring (bicyclic) bond motifs is 2. The van der Waals surface area contributed by atoms with Crippen molar-refractivity contribution in [1.29, 1.82) is 0 Å². The van der Waals surface area contributed by atoms with Gasteiger partial charge in [0.05, 0.1) is 18.2 Å². The molecule has 0 saturated carbocycles. The molecule has 0 aromatic carbocycles. The predicted octanol–water partition coefficient (Wildman–Crippen LogP) is 3.21. The molecule has 2 aliphatic rings. The van der Waals surface area contributed by atoms with Gasteiger partial charge in [0.1, 0.15) is 0 Å². The normalized spacial score (nSPS) is 27.6. The minimum Gasteiger partial charge on any atom is -0.480 e. The van der Waals surface area contributed by atoms with Gasteiger partial charge in [0, 0.05) is 24.2 Å². The van der Waals surface area contributed by atoms with Crippen LogP contribution in [0.2, 0.25) is 0 Å². The smallest absolute Gasteiger partial charge is 0.417 e. The Bertz CT molecular complexity index is 591. The van der Waals surface area contributed by atoms with Crippen molar-refractivity contribution in [3.63, 3.8) is 0 Å². The van der Waals surface area contributed by atoms with Crippen LogP contribution in [0.1, 0.15) is 48.0 Å². The van der Waals surface area contributed by atoms with Gasteiger partial charge in [-0.3, -0.25) is 4.79 Å². The number of carbonyl (C=O) groups excluding carboxylic acids is 1. The van der Waals surface area contributed by atoms with Crippen LogP contribution >= 0.6 is 0 Å². The topological polar surface area (TPSA) is 51.2 Å². The van der Waals surface area contributed by atoms with Gasteiger partial charge < -0.3 is 10.1 Å². The number of aromatic nitrogens is 1. The number of methoxy groups -OCH3 is 1. The van der Waals surface area contributed by atoms with E-state index < -0.39 is 11.7 Å². The maximum Gasteiger partial charge on any atom is 0.417 e. The lowest BCUT2D eigenvalue weighted by molar-refractivity contribution is -0.137. The summed E-state index contributed by atoms with van der Waals surface area (Å²) in [5, 5.41) is 3.47. The third-order valence-electron chi connectivity index (χ3n) is 4.72. The van der Waals surface area contributed by atoms with Crippen LogP contribution in [0.15, 0.2) is 12.3 Å². The molecule has 2 atom stereocenters. The van der Waals surface area contributed by atoms with Crippen LogP contribution in [-0.4, -0.2) is 30.0 Å². The van der Waals surface area contributed by atoms with Crippen LogP contribution in [0.4, 0.5) is 13.2 Å². The van der Waals surface area contributed by atoms with Gasteiger partial charge in [0.15, 0.2) is 5.78 Å². The zero-order chi connectivity index (χ0) is 16.6. The van der Waals surface area contributed by atoms with Crippen molar-refractivity contribution in [2.24, 2.45) is 5.92 Å². The van der Waals surface area contributed by atoms with Crippen LogP contribution < -0.4 is 10.1 Å². The molecule has 4 nitrogen and oxygen atoms in total. The van der Waals surface area contributed by atoms with E-state index in [2.05, 4.69) is 10.3 Å². The highest BCUT2D eigenvalue weighted by atomic mass is 19.4. The van der Waals surface area contributed by atoms with E-state index in [0.717, 1.165) is 25.3 Å². The molecule has 3 heterocycles. The van der Waals surface area contributed by atoms with Gasteiger partial charge in [-0.25, -0.2) is 4.98 Å². The lowest BCUT2D eigenvalue weighted by Crippen LogP contribution is -2.50. The Kier molecular flexibility index (Phi) is 4.31. The van der Waals surface area contributed by atoms with Crippen LogP contribution in [-0.2, 0) is 6.18 Å². The Morgan fingerprint density at radius 3 is 2.52 bits per heavy atom. The van der Waals surface area contributed by atoms with Crippen LogP contribution in [0, 0.1) is 5.92 Å². The van der Waals surface area contributed by atoms with Gasteiger partial charge in [0.25, 0.3) is 0 Å². The van der Waals surface area contributed by atoms with Gasteiger partial charge in [0.2, 0.25) is 5.88 Å². The predicted molar refractivity (Wildman–Crippen MR) is 77.4 cm³/mol. The van der Waals surface area contributed by atoms with E-state index in [-0.39, 0.29) is 35.2 Å². The summed E-state index contributed by atoms with van der Waals surface area (Å²) in [6.45, 7) is 0. The molecule has 1 aromatic rings. The van der Waals surface area contributed by atoms with Gasteiger partial charge in [-0.15, -0.1) is 0 Å². The number of alkyl halides is 3. The highest BCUT2D eigenvalue weighted by Gasteiger charge is 2.38. The quantitative estimate of drug-likeness (QED) is 0.866. The van der Waals surface area contributed by atoms with E-state index in [1.165, 1.54) is 7.11 Å². The maximum absolute atomic E-state index is 12.9. The average molecular weight is 328 g/mol. The molecule has 1 N–H and O–H groups in total. The Labute approximate surface area is 132 Å². The van der Waals surface area contributed by atoms with E-state index in [1.54, 1.807) is 0 Å². The molecule has 0 radical (unpaired) electrons. The summed E-state index contributed by atoms with van der Waals surface area (Å²) in [6.07, 6.45) is 0.656. The second-order valence-electron chi connectivity index (χ2n) is 6.30. The summed E-state index contributed by atoms with van der Waals surface area (Å²) in [5.74, 6) is -0.601. The molecule has 2 fully saturated rings. The summed E-state index contributed by atoms with van der Waals surface area (Å²) < 4.78 is 43.7. The summed E-state index contributed by atoms with van der Waals surface area (Å²) in [7, 11) is 1.31. The van der Waals surface area contributed by atoms with Crippen LogP contribution in [0.3, 0.4) is 0 Å². The highest BCUT2D eigenvalue weighted by Crippen LogP contribution is 2.35. The average Bonchev–Trinajstić information content (AvgIpc) is 2.52. The minimum atomic E-state index is -4.53. The van der Waals surface area contributed by atoms with Gasteiger partial charge in [-0.2, -0.15) is 13.2 Å². The maximum atomic E-state index is 12.9. The molecule has 2 saturated heterocycles. The number of hydrogen-bond acceptors (Lipinski definition) is 4. The Morgan fingerprint density at radius 2 is 1.96 bits per heavy atom. The van der Waals surface area contributed by atoms with Crippen molar-refractivity contribution in [2.45, 2.75) is 50.4 Å². The molecule has 0 spiro atoms. The van der Waals surface area contributed by atoms with Crippen molar-refractivity contribution < 1.29 is 22.7 Å². The fraction of sp³-hybridized carbons (Fsp3) is 0.625. The molecule has 2 aliphatic heterocycles. The van der Waals surface area contributed by atoms with E-state index in [0.29, 0.717) is 19.0 Å². The summed E-state index contributed by atoms with van der Waals surface area (Å²) >= 11 is 0. The molecule has 3 rings (SSSR count). The van der Waals surface area contributed by atoms with Gasteiger partial charge in [-0.1, -0.05) is 6.42 Å². The first-order valence-corrected chi connectivity index (χ1v) is 7.80. The summed E-state index contributed by atoms with van der Waals surface area (Å²) in [4.78, 5) is 16.4. The number of Topliss-reactive ketones (excluding diaryl/α,β-unsaturated/α-hetero) is 1. The molecule has 23 heavy (non-hydrogen) atoms. The van der Waals surface area contributed by atoms with E-state index >= 15 is 0 Å². The molecule has 1 aromatic heterocycles. The summed E-state index contributed by atoms with van der Waals surface area (Å²) in [6, 6.07) is 1.42. The molecule has 0 aliphatic carbocycles. The second-order valence-corrected chi connectivity index (χ2v) is 6.30. The first-order valence-electron chi connectivity index (χ1n) is 7.80. The number of ether oxygens (including phenoxy) is 1. The second kappa shape index (κ2) is 6.11. The first kappa shape index (κ1) is 16.2. The lowest BCUT2D eigenvalue weighted by atomic mass is 9.77. The standard InChI is InChI=1S/C16H19F3N2O2/c1-23-15-13(7-10(8-20-15)16(17,18)19)14(22)9-5-11-3-2-4-12(6-9)21-11/h7-9,11-12,21H,2-6H2,1H3. The van der Waals surface area contributed by atoms with Gasteiger partial charge in [-0.05, 0) is 31.7 Å². The first-order chi connectivity index (χ1) is 10.9. The number of nitrogens with zero attached hydrogens (tertiary/aromatic N) is 1. The van der Waals surface area contributed by atoms with Crippen LogP contribution in [0.25, 0.3) is 0 Å². The zero-order valence-electron chi connectivity index (χ0n) is 12.8. The minimum absolute atomic E-state index is 0.0355. The number of nitrogens with one attached hydrogen (secondary N) is 1. The van der Waals surface area contributed by atoms with E-state index in [1.807, 2.05) is 0 Å². The molecule has 2 bridgehead atoms. The fourth-order valence-corrected chi connectivity index (χ4v) is 3.65. The number of hydrogen-bond donors (Lipinski definition) is 1. The van der Waals surface area contributed by atoms with E-state index in [9.17, 15) is 18.0 Å². The van der Waals surface area contributed by atoms with E-state index in [4.69, 9.17) is 4.74 Å². The Hall–Kier alpha value is -1.63. The fourth-order valence-electron chi connectivity index (χ4n) is 3.65. The molecule has 2 unspecified atom stereocenters. The number of ketones is 1. The zero-order valence-corrected chi connectivity index (χ0v) is 12.8. The molecule has 0 amide bonds. The van der Waals surface area contributed by atoms with Crippen molar-refractivity contribution in [3.8, 4) is 5.88 Å². The van der Waals surface area contributed by atoms with Crippen LogP contribution in [0.5, 0.6) is 5.88 Å². The molecule has 7 heteroatoms. The van der Waals surface area contributed by atoms with Crippen molar-refractivity contribution >= 4 is 5.78 Å². The highest BCUT2D eigenvalue weighted by molar-refractivity contribution is 6.00. The number of rotatable bonds is 3. The third-order valence-corrected chi connectivity index (χ3v) is 4.72. The monoisotopic (exact) mass is 328 g/mol. The van der Waals surface area contributed by atoms with Gasteiger partial charge >= 0.3 is 6.18 Å². The number of pyridine rings is 1. The number of piperidine rings is 2. The van der Waals surface area contributed by atoms with Crippen molar-refractivity contribution in [2.75, 3.05) is 7.11 Å². The third kappa shape index (κ3) is 3.34. The largest absolute Gasteiger partial charge is 0.480 e.